The van der Waals surface area contributed by atoms with Gasteiger partial charge in [0.2, 0.25) is 0 Å². The highest BCUT2D eigenvalue weighted by molar-refractivity contribution is 7.13. The molecule has 6 heteroatoms. The number of hydrogen-bond donors (Lipinski definition) is 2. The van der Waals surface area contributed by atoms with Crippen LogP contribution in [0.25, 0.3) is 10.6 Å². The number of rotatable bonds is 7. The summed E-state index contributed by atoms with van der Waals surface area (Å²) in [5.41, 5.74) is 2.28. The van der Waals surface area contributed by atoms with Gasteiger partial charge in [0.25, 0.3) is 0 Å². The van der Waals surface area contributed by atoms with Crippen LogP contribution in [0, 0.1) is 0 Å². The van der Waals surface area contributed by atoms with Gasteiger partial charge in [0.15, 0.2) is 0 Å². The highest BCUT2D eigenvalue weighted by Crippen LogP contribution is 2.25. The topological polar surface area (TPSA) is 57.1 Å². The molecule has 0 aromatic carbocycles. The maximum absolute atomic E-state index is 5.53. The average Bonchev–Trinajstić information content (AvgIpc) is 3.22. The lowest BCUT2D eigenvalue weighted by Gasteiger charge is -2.22. The molecule has 2 N–H and O–H groups in total. The Morgan fingerprint density at radius 2 is 2.27 bits per heavy atom. The van der Waals surface area contributed by atoms with Gasteiger partial charge in [-0.15, -0.1) is 11.3 Å². The van der Waals surface area contributed by atoms with Gasteiger partial charge in [0.05, 0.1) is 29.1 Å². The second kappa shape index (κ2) is 6.91. The summed E-state index contributed by atoms with van der Waals surface area (Å²) < 4.78 is 5.53. The molecule has 0 fully saturated rings. The quantitative estimate of drug-likeness (QED) is 0.703. The maximum Gasteiger partial charge on any atom is 0.122 e. The number of aromatic nitrogens is 2. The fourth-order valence-electron chi connectivity index (χ4n) is 2.44. The molecule has 3 aromatic rings. The maximum atomic E-state index is 5.53. The van der Waals surface area contributed by atoms with Crippen molar-refractivity contribution in [2.24, 2.45) is 0 Å². The first kappa shape index (κ1) is 15.0. The van der Waals surface area contributed by atoms with Crippen LogP contribution in [-0.4, -0.2) is 35.7 Å². The lowest BCUT2D eigenvalue weighted by atomic mass is 10.2. The molecule has 0 radical (unpaired) electrons. The molecule has 0 aliphatic carbocycles. The lowest BCUT2D eigenvalue weighted by molar-refractivity contribution is 0.250. The molecule has 0 aliphatic rings. The zero-order valence-electron chi connectivity index (χ0n) is 12.7. The summed E-state index contributed by atoms with van der Waals surface area (Å²) in [6.07, 6.45) is 3.61. The minimum Gasteiger partial charge on any atom is -0.468 e. The van der Waals surface area contributed by atoms with E-state index in [0.717, 1.165) is 24.5 Å². The SMILES string of the molecule is CN(C)C(CNCc1cn[nH]c1-c1cccs1)c1ccco1. The van der Waals surface area contributed by atoms with Crippen molar-refractivity contribution in [3.8, 4) is 10.6 Å². The molecular weight excluding hydrogens is 296 g/mol. The Morgan fingerprint density at radius 1 is 1.36 bits per heavy atom. The molecule has 0 saturated heterocycles. The number of H-pyrrole nitrogens is 1. The van der Waals surface area contributed by atoms with Crippen molar-refractivity contribution in [1.82, 2.24) is 20.4 Å². The average molecular weight is 316 g/mol. The number of hydrogen-bond acceptors (Lipinski definition) is 5. The van der Waals surface area contributed by atoms with Crippen LogP contribution in [0.2, 0.25) is 0 Å². The summed E-state index contributed by atoms with van der Waals surface area (Å²) in [6.45, 7) is 1.59. The Kier molecular flexibility index (Phi) is 4.72. The van der Waals surface area contributed by atoms with Crippen LogP contribution < -0.4 is 5.32 Å². The van der Waals surface area contributed by atoms with Gasteiger partial charge < -0.3 is 9.73 Å². The Labute approximate surface area is 134 Å². The fourth-order valence-corrected chi connectivity index (χ4v) is 3.20. The molecule has 0 aliphatic heterocycles. The van der Waals surface area contributed by atoms with Gasteiger partial charge in [-0.25, -0.2) is 0 Å². The number of furan rings is 1. The van der Waals surface area contributed by atoms with Gasteiger partial charge in [0.1, 0.15) is 5.76 Å². The summed E-state index contributed by atoms with van der Waals surface area (Å²) in [6, 6.07) is 8.31. The monoisotopic (exact) mass is 316 g/mol. The number of likely N-dealkylation sites (N-methyl/N-ethyl adjacent to an activating group) is 1. The molecule has 5 nitrogen and oxygen atoms in total. The third kappa shape index (κ3) is 3.30. The number of thiophene rings is 1. The fraction of sp³-hybridized carbons (Fsp3) is 0.312. The molecule has 116 valence electrons. The normalized spacial score (nSPS) is 12.9. The first-order chi connectivity index (χ1) is 10.8. The van der Waals surface area contributed by atoms with Crippen molar-refractivity contribution in [1.29, 1.82) is 0 Å². The number of nitrogens with zero attached hydrogens (tertiary/aromatic N) is 2. The summed E-state index contributed by atoms with van der Waals surface area (Å²) in [7, 11) is 4.12. The first-order valence-corrected chi connectivity index (χ1v) is 8.10. The van der Waals surface area contributed by atoms with Gasteiger partial charge in [0, 0.05) is 18.7 Å². The van der Waals surface area contributed by atoms with Crippen molar-refractivity contribution in [3.63, 3.8) is 0 Å². The molecule has 3 heterocycles. The van der Waals surface area contributed by atoms with E-state index in [-0.39, 0.29) is 6.04 Å². The molecule has 3 aromatic heterocycles. The third-order valence-electron chi connectivity index (χ3n) is 3.63. The van der Waals surface area contributed by atoms with E-state index in [4.69, 9.17) is 4.42 Å². The van der Waals surface area contributed by atoms with Crippen LogP contribution in [0.5, 0.6) is 0 Å². The van der Waals surface area contributed by atoms with Crippen LogP contribution in [0.4, 0.5) is 0 Å². The van der Waals surface area contributed by atoms with E-state index in [1.54, 1.807) is 17.6 Å². The van der Waals surface area contributed by atoms with Crippen molar-refractivity contribution < 1.29 is 4.42 Å². The molecular formula is C16H20N4OS. The number of aromatic amines is 1. The van der Waals surface area contributed by atoms with E-state index in [0.29, 0.717) is 0 Å². The van der Waals surface area contributed by atoms with Crippen LogP contribution in [0.1, 0.15) is 17.4 Å². The molecule has 1 unspecified atom stereocenters. The molecule has 0 spiro atoms. The van der Waals surface area contributed by atoms with E-state index in [1.165, 1.54) is 10.4 Å². The lowest BCUT2D eigenvalue weighted by Crippen LogP contribution is -2.30. The van der Waals surface area contributed by atoms with Crippen LogP contribution in [0.3, 0.4) is 0 Å². The summed E-state index contributed by atoms with van der Waals surface area (Å²) >= 11 is 1.72. The second-order valence-electron chi connectivity index (χ2n) is 5.37. The van der Waals surface area contributed by atoms with Crippen molar-refractivity contribution in [2.45, 2.75) is 12.6 Å². The first-order valence-electron chi connectivity index (χ1n) is 7.22. The standard InChI is InChI=1S/C16H20N4OS/c1-20(2)13(14-5-3-7-21-14)11-17-9-12-10-18-19-16(12)15-6-4-8-22-15/h3-8,10,13,17H,9,11H2,1-2H3,(H,18,19). The number of nitrogens with one attached hydrogen (secondary N) is 2. The van der Waals surface area contributed by atoms with Crippen molar-refractivity contribution in [2.75, 3.05) is 20.6 Å². The van der Waals surface area contributed by atoms with Gasteiger partial charge >= 0.3 is 0 Å². The molecule has 3 rings (SSSR count). The van der Waals surface area contributed by atoms with Crippen molar-refractivity contribution in [3.05, 3.63) is 53.4 Å². The zero-order valence-corrected chi connectivity index (χ0v) is 13.6. The summed E-state index contributed by atoms with van der Waals surface area (Å²) in [5, 5.41) is 12.8. The van der Waals surface area contributed by atoms with Crippen LogP contribution >= 0.6 is 11.3 Å². The molecule has 0 saturated carbocycles. The van der Waals surface area contributed by atoms with E-state index in [9.17, 15) is 0 Å². The van der Waals surface area contributed by atoms with Crippen LogP contribution in [-0.2, 0) is 6.54 Å². The Bertz CT molecular complexity index is 673. The van der Waals surface area contributed by atoms with Gasteiger partial charge in [-0.1, -0.05) is 6.07 Å². The highest BCUT2D eigenvalue weighted by atomic mass is 32.1. The van der Waals surface area contributed by atoms with Gasteiger partial charge in [-0.3, -0.25) is 10.00 Å². The predicted octanol–water partition coefficient (Wildman–Crippen LogP) is 3.12. The minimum atomic E-state index is 0.215. The van der Waals surface area contributed by atoms with Gasteiger partial charge in [-0.2, -0.15) is 5.10 Å². The largest absolute Gasteiger partial charge is 0.468 e. The van der Waals surface area contributed by atoms with Crippen LogP contribution in [0.15, 0.2) is 46.5 Å². The van der Waals surface area contributed by atoms with E-state index in [2.05, 4.69) is 52.0 Å². The highest BCUT2D eigenvalue weighted by Gasteiger charge is 2.17. The third-order valence-corrected chi connectivity index (χ3v) is 4.52. The molecule has 0 amide bonds. The Morgan fingerprint density at radius 3 is 2.95 bits per heavy atom. The minimum absolute atomic E-state index is 0.215. The molecule has 1 atom stereocenters. The Hall–Kier alpha value is -1.89. The molecule has 22 heavy (non-hydrogen) atoms. The van der Waals surface area contributed by atoms with E-state index in [1.807, 2.05) is 18.3 Å². The van der Waals surface area contributed by atoms with Gasteiger partial charge in [-0.05, 0) is 37.7 Å². The summed E-state index contributed by atoms with van der Waals surface area (Å²) in [5.74, 6) is 0.975. The smallest absolute Gasteiger partial charge is 0.122 e. The Balaban J connectivity index is 1.62. The molecule has 0 bridgehead atoms. The van der Waals surface area contributed by atoms with E-state index < -0.39 is 0 Å². The second-order valence-corrected chi connectivity index (χ2v) is 6.32. The zero-order chi connectivity index (χ0) is 15.4. The van der Waals surface area contributed by atoms with Crippen molar-refractivity contribution >= 4 is 11.3 Å². The summed E-state index contributed by atoms with van der Waals surface area (Å²) in [4.78, 5) is 3.37. The van der Waals surface area contributed by atoms with E-state index >= 15 is 0 Å². The predicted molar refractivity (Wildman–Crippen MR) is 88.7 cm³/mol.